The van der Waals surface area contributed by atoms with Crippen molar-refractivity contribution in [3.05, 3.63) is 10.6 Å². The van der Waals surface area contributed by atoms with E-state index in [0.717, 1.165) is 23.2 Å². The maximum Gasteiger partial charge on any atom is 0.0553 e. The van der Waals surface area contributed by atoms with Crippen LogP contribution in [0.25, 0.3) is 0 Å². The van der Waals surface area contributed by atoms with E-state index < -0.39 is 0 Å². The summed E-state index contributed by atoms with van der Waals surface area (Å²) in [6.07, 6.45) is 1.71. The lowest BCUT2D eigenvalue weighted by molar-refractivity contribution is 0.599. The molecule has 0 fully saturated rings. The van der Waals surface area contributed by atoms with E-state index >= 15 is 0 Å². The molecule has 0 heterocycles. The molecule has 0 aromatic rings. The second kappa shape index (κ2) is 7.81. The number of hydrogen-bond acceptors (Lipinski definition) is 0. The van der Waals surface area contributed by atoms with Crippen LogP contribution in [-0.4, -0.2) is 20.9 Å². The van der Waals surface area contributed by atoms with E-state index in [-0.39, 0.29) is 10.3 Å². The van der Waals surface area contributed by atoms with E-state index in [4.69, 9.17) is 34.8 Å². The summed E-state index contributed by atoms with van der Waals surface area (Å²) >= 11 is 25.1. The van der Waals surface area contributed by atoms with E-state index in [9.17, 15) is 0 Å². The maximum atomic E-state index is 6.18. The first-order valence-corrected chi connectivity index (χ1v) is 8.07. The first-order valence-electron chi connectivity index (χ1n) is 4.64. The zero-order chi connectivity index (χ0) is 12.1. The van der Waals surface area contributed by atoms with Crippen LogP contribution in [0, 0.1) is 0 Å². The summed E-state index contributed by atoms with van der Waals surface area (Å²) in [7, 11) is 0. The van der Waals surface area contributed by atoms with Crippen molar-refractivity contribution in [2.75, 3.05) is 10.7 Å². The van der Waals surface area contributed by atoms with Crippen molar-refractivity contribution in [3.8, 4) is 0 Å². The van der Waals surface area contributed by atoms with Gasteiger partial charge in [-0.15, -0.1) is 23.2 Å². The molecule has 90 valence electrons. The van der Waals surface area contributed by atoms with Crippen LogP contribution in [0.2, 0.25) is 0 Å². The summed E-state index contributed by atoms with van der Waals surface area (Å²) in [6, 6.07) is 0. The molecule has 5 heteroatoms. The standard InChI is InChI=1S/C10H15Br2Cl3/c1-10(2,15)9(14)4-3-7(5-11)8(13)6-12/h9H,3-6H2,1-2H3/b8-7-/t9-/m0/s1. The third kappa shape index (κ3) is 6.78. The summed E-state index contributed by atoms with van der Waals surface area (Å²) in [4.78, 5) is -0.375. The second-order valence-electron chi connectivity index (χ2n) is 3.85. The molecule has 15 heavy (non-hydrogen) atoms. The van der Waals surface area contributed by atoms with Gasteiger partial charge in [0.05, 0.1) is 10.3 Å². The highest BCUT2D eigenvalue weighted by atomic mass is 79.9. The first kappa shape index (κ1) is 16.6. The summed E-state index contributed by atoms with van der Waals surface area (Å²) in [5.74, 6) is 0. The van der Waals surface area contributed by atoms with Gasteiger partial charge in [-0.25, -0.2) is 0 Å². The van der Waals surface area contributed by atoms with Crippen LogP contribution >= 0.6 is 66.7 Å². The maximum absolute atomic E-state index is 6.18. The Hall–Kier alpha value is 1.57. The van der Waals surface area contributed by atoms with E-state index in [1.165, 1.54) is 5.57 Å². The smallest absolute Gasteiger partial charge is 0.0553 e. The van der Waals surface area contributed by atoms with Crippen molar-refractivity contribution in [1.82, 2.24) is 0 Å². The molecule has 0 saturated heterocycles. The lowest BCUT2D eigenvalue weighted by Gasteiger charge is -2.23. The molecular formula is C10H15Br2Cl3. The van der Waals surface area contributed by atoms with Crippen molar-refractivity contribution < 1.29 is 0 Å². The van der Waals surface area contributed by atoms with Gasteiger partial charge >= 0.3 is 0 Å². The second-order valence-corrected chi connectivity index (χ2v) is 6.93. The van der Waals surface area contributed by atoms with Gasteiger partial charge in [-0.05, 0) is 32.3 Å². The monoisotopic (exact) mass is 398 g/mol. The Morgan fingerprint density at radius 1 is 1.27 bits per heavy atom. The zero-order valence-electron chi connectivity index (χ0n) is 8.80. The average molecular weight is 401 g/mol. The fourth-order valence-corrected chi connectivity index (χ4v) is 2.57. The lowest BCUT2D eigenvalue weighted by Crippen LogP contribution is -2.25. The van der Waals surface area contributed by atoms with Crippen molar-refractivity contribution in [3.63, 3.8) is 0 Å². The van der Waals surface area contributed by atoms with Crippen LogP contribution in [0.4, 0.5) is 0 Å². The zero-order valence-corrected chi connectivity index (χ0v) is 14.2. The topological polar surface area (TPSA) is 0 Å². The minimum atomic E-state index is -0.375. The highest BCUT2D eigenvalue weighted by Crippen LogP contribution is 2.29. The molecular weight excluding hydrogens is 386 g/mol. The number of allylic oxidation sites excluding steroid dienone is 2. The number of hydrogen-bond donors (Lipinski definition) is 0. The molecule has 0 nitrogen and oxygen atoms in total. The minimum Gasteiger partial charge on any atom is -0.121 e. The molecule has 0 aromatic carbocycles. The molecule has 0 aliphatic heterocycles. The summed E-state index contributed by atoms with van der Waals surface area (Å²) in [5, 5.41) is 2.27. The third-order valence-electron chi connectivity index (χ3n) is 2.11. The SMILES string of the molecule is CC(C)(Cl)[C@@H](Cl)CC/C(CBr)=C(/Cl)CBr. The largest absolute Gasteiger partial charge is 0.121 e. The number of halogens is 5. The Labute approximate surface area is 124 Å². The molecule has 0 spiro atoms. The number of alkyl halides is 4. The Bertz CT molecular complexity index is 221. The van der Waals surface area contributed by atoms with E-state index in [2.05, 4.69) is 31.9 Å². The van der Waals surface area contributed by atoms with Gasteiger partial charge in [0.2, 0.25) is 0 Å². The van der Waals surface area contributed by atoms with E-state index in [1.54, 1.807) is 0 Å². The Kier molecular flexibility index (Phi) is 8.63. The first-order chi connectivity index (χ1) is 6.82. The highest BCUT2D eigenvalue weighted by Gasteiger charge is 2.24. The van der Waals surface area contributed by atoms with E-state index in [0.29, 0.717) is 5.33 Å². The van der Waals surface area contributed by atoms with Gasteiger partial charge in [-0.1, -0.05) is 43.5 Å². The van der Waals surface area contributed by atoms with Gasteiger partial charge in [0.15, 0.2) is 0 Å². The summed E-state index contributed by atoms with van der Waals surface area (Å²) in [6.45, 7) is 3.85. The summed E-state index contributed by atoms with van der Waals surface area (Å²) in [5.41, 5.74) is 1.18. The molecule has 0 amide bonds. The molecule has 0 unspecified atom stereocenters. The van der Waals surface area contributed by atoms with Crippen LogP contribution in [0.5, 0.6) is 0 Å². The highest BCUT2D eigenvalue weighted by molar-refractivity contribution is 9.09. The quantitative estimate of drug-likeness (QED) is 0.503. The van der Waals surface area contributed by atoms with Crippen LogP contribution < -0.4 is 0 Å². The van der Waals surface area contributed by atoms with Crippen molar-refractivity contribution in [2.24, 2.45) is 0 Å². The number of rotatable bonds is 6. The third-order valence-corrected chi connectivity index (χ3v) is 5.21. The Morgan fingerprint density at radius 3 is 2.13 bits per heavy atom. The van der Waals surface area contributed by atoms with Gasteiger partial charge in [0, 0.05) is 15.7 Å². The molecule has 0 aliphatic rings. The minimum absolute atomic E-state index is 0.0481. The predicted octanol–water partition coefficient (Wildman–Crippen LogP) is 5.67. The molecule has 0 saturated carbocycles. The van der Waals surface area contributed by atoms with Gasteiger partial charge in [-0.3, -0.25) is 0 Å². The van der Waals surface area contributed by atoms with Gasteiger partial charge in [0.1, 0.15) is 0 Å². The fourth-order valence-electron chi connectivity index (χ4n) is 1.01. The Morgan fingerprint density at radius 2 is 1.80 bits per heavy atom. The lowest BCUT2D eigenvalue weighted by atomic mass is 10.0. The molecule has 0 radical (unpaired) electrons. The van der Waals surface area contributed by atoms with Gasteiger partial charge < -0.3 is 0 Å². The van der Waals surface area contributed by atoms with Crippen molar-refractivity contribution in [1.29, 1.82) is 0 Å². The average Bonchev–Trinajstić information content (AvgIpc) is 2.16. The fraction of sp³-hybridized carbons (Fsp3) is 0.800. The van der Waals surface area contributed by atoms with Crippen molar-refractivity contribution in [2.45, 2.75) is 36.9 Å². The van der Waals surface area contributed by atoms with Crippen LogP contribution in [0.3, 0.4) is 0 Å². The van der Waals surface area contributed by atoms with Crippen molar-refractivity contribution >= 4 is 66.7 Å². The van der Waals surface area contributed by atoms with Crippen LogP contribution in [0.1, 0.15) is 26.7 Å². The molecule has 0 bridgehead atoms. The molecule has 0 rings (SSSR count). The molecule has 0 aliphatic carbocycles. The normalized spacial score (nSPS) is 16.2. The molecule has 0 aromatic heterocycles. The predicted molar refractivity (Wildman–Crippen MR) is 79.3 cm³/mol. The van der Waals surface area contributed by atoms with Crippen LogP contribution in [-0.2, 0) is 0 Å². The van der Waals surface area contributed by atoms with Crippen LogP contribution in [0.15, 0.2) is 10.6 Å². The van der Waals surface area contributed by atoms with E-state index in [1.807, 2.05) is 13.8 Å². The van der Waals surface area contributed by atoms with Gasteiger partial charge in [0.25, 0.3) is 0 Å². The molecule has 1 atom stereocenters. The molecule has 0 N–H and O–H groups in total. The summed E-state index contributed by atoms with van der Waals surface area (Å²) < 4.78 is 0. The van der Waals surface area contributed by atoms with Gasteiger partial charge in [-0.2, -0.15) is 0 Å². The Balaban J connectivity index is 4.25.